The number of aromatic nitrogens is 1. The average molecular weight is 530 g/mol. The number of nitrogens with zero attached hydrogens (tertiary/aromatic N) is 3. The molecule has 2 saturated heterocycles. The van der Waals surface area contributed by atoms with Gasteiger partial charge in [0.25, 0.3) is 5.91 Å². The fraction of sp³-hybridized carbons (Fsp3) is 0.387. The van der Waals surface area contributed by atoms with Crippen molar-refractivity contribution in [1.29, 1.82) is 0 Å². The van der Waals surface area contributed by atoms with Gasteiger partial charge in [0, 0.05) is 30.6 Å². The number of amides is 1. The highest BCUT2D eigenvalue weighted by Gasteiger charge is 2.32. The van der Waals surface area contributed by atoms with E-state index in [9.17, 15) is 4.79 Å². The molecule has 3 aromatic rings. The van der Waals surface area contributed by atoms with E-state index in [1.165, 1.54) is 22.9 Å². The van der Waals surface area contributed by atoms with Gasteiger partial charge in [-0.25, -0.2) is 4.98 Å². The van der Waals surface area contributed by atoms with Crippen molar-refractivity contribution < 1.29 is 4.79 Å². The van der Waals surface area contributed by atoms with E-state index in [-0.39, 0.29) is 5.91 Å². The molecule has 0 saturated carbocycles. The molecule has 0 radical (unpaired) electrons. The zero-order valence-electron chi connectivity index (χ0n) is 21.9. The molecule has 37 heavy (non-hydrogen) atoms. The summed E-state index contributed by atoms with van der Waals surface area (Å²) in [5.41, 5.74) is 4.62. The lowest BCUT2D eigenvalue weighted by Gasteiger charge is -2.34. The first-order valence-corrected chi connectivity index (χ1v) is 14.6. The molecule has 6 heteroatoms. The van der Waals surface area contributed by atoms with E-state index >= 15 is 0 Å². The molecule has 0 atom stereocenters. The van der Waals surface area contributed by atoms with E-state index in [1.54, 1.807) is 4.90 Å². The lowest BCUT2D eigenvalue weighted by atomic mass is 9.90. The molecule has 1 aromatic heterocycles. The summed E-state index contributed by atoms with van der Waals surface area (Å²) >= 11 is 7.00. The Labute approximate surface area is 230 Å². The number of hydrogen-bond acceptors (Lipinski definition) is 5. The van der Waals surface area contributed by atoms with Crippen molar-refractivity contribution >= 4 is 57.0 Å². The molecule has 0 N–H and O–H groups in total. The van der Waals surface area contributed by atoms with Gasteiger partial charge in [-0.3, -0.25) is 9.69 Å². The summed E-state index contributed by atoms with van der Waals surface area (Å²) in [5.74, 6) is 2.21. The highest BCUT2D eigenvalue weighted by atomic mass is 32.2. The van der Waals surface area contributed by atoms with Crippen LogP contribution in [-0.2, 0) is 11.2 Å². The number of thioether (sulfide) groups is 1. The number of pyridine rings is 1. The Morgan fingerprint density at radius 1 is 1.11 bits per heavy atom. The zero-order valence-corrected chi connectivity index (χ0v) is 23.6. The Bertz CT molecular complexity index is 1330. The molecular weight excluding hydrogens is 494 g/mol. The Hall–Kier alpha value is -2.70. The summed E-state index contributed by atoms with van der Waals surface area (Å²) in [4.78, 5) is 23.3. The van der Waals surface area contributed by atoms with Gasteiger partial charge in [0.2, 0.25) is 0 Å². The summed E-state index contributed by atoms with van der Waals surface area (Å²) < 4.78 is 0.657. The van der Waals surface area contributed by atoms with Crippen molar-refractivity contribution in [3.05, 3.63) is 76.2 Å². The quantitative estimate of drug-likeness (QED) is 0.238. The van der Waals surface area contributed by atoms with Crippen LogP contribution in [0.25, 0.3) is 17.0 Å². The molecule has 192 valence electrons. The lowest BCUT2D eigenvalue weighted by molar-refractivity contribution is -0.122. The van der Waals surface area contributed by atoms with Crippen LogP contribution in [0.4, 0.5) is 5.82 Å². The summed E-state index contributed by atoms with van der Waals surface area (Å²) in [6, 6.07) is 19.3. The van der Waals surface area contributed by atoms with Crippen LogP contribution in [-0.4, -0.2) is 39.7 Å². The SMILES string of the molecule is Cc1cccc2cc(/C=C3\SC(=S)N(CCC(C)C)C3=O)c(N3CCC(Cc4ccccc4)CC3)nc12. The number of para-hydroxylation sites is 1. The van der Waals surface area contributed by atoms with E-state index in [4.69, 9.17) is 17.2 Å². The van der Waals surface area contributed by atoms with Gasteiger partial charge in [0.15, 0.2) is 0 Å². The van der Waals surface area contributed by atoms with Crippen LogP contribution in [0.3, 0.4) is 0 Å². The molecule has 5 rings (SSSR count). The Balaban J connectivity index is 1.42. The van der Waals surface area contributed by atoms with Crippen LogP contribution >= 0.6 is 24.0 Å². The number of rotatable bonds is 7. The largest absolute Gasteiger partial charge is 0.356 e. The standard InChI is InChI=1S/C31H35N3OS2/c1-21(2)12-17-34-30(35)27(37-31(34)36)20-26-19-25-11-7-8-22(3)28(25)32-29(26)33-15-13-24(14-16-33)18-23-9-5-4-6-10-23/h4-11,19-21,24H,12-18H2,1-3H3/b27-20-. The van der Waals surface area contributed by atoms with Crippen molar-refractivity contribution in [1.82, 2.24) is 9.88 Å². The third-order valence-electron chi connectivity index (χ3n) is 7.43. The molecular formula is C31H35N3OS2. The number of carbonyl (C=O) groups is 1. The number of carbonyl (C=O) groups excluding carboxylic acids is 1. The number of thiocarbonyl (C=S) groups is 1. The smallest absolute Gasteiger partial charge is 0.266 e. The third kappa shape index (κ3) is 5.91. The highest BCUT2D eigenvalue weighted by molar-refractivity contribution is 8.26. The van der Waals surface area contributed by atoms with Crippen LogP contribution in [0.5, 0.6) is 0 Å². The molecule has 0 unspecified atom stereocenters. The first kappa shape index (κ1) is 25.9. The second kappa shape index (κ2) is 11.4. The molecule has 2 aliphatic rings. The fourth-order valence-electron chi connectivity index (χ4n) is 5.23. The number of hydrogen-bond donors (Lipinski definition) is 0. The summed E-state index contributed by atoms with van der Waals surface area (Å²) in [5, 5.41) is 1.10. The molecule has 2 fully saturated rings. The highest BCUT2D eigenvalue weighted by Crippen LogP contribution is 2.36. The Kier molecular flexibility index (Phi) is 7.96. The average Bonchev–Trinajstić information content (AvgIpc) is 3.15. The van der Waals surface area contributed by atoms with Crippen LogP contribution in [0.2, 0.25) is 0 Å². The van der Waals surface area contributed by atoms with Gasteiger partial charge in [-0.2, -0.15) is 0 Å². The van der Waals surface area contributed by atoms with E-state index in [0.717, 1.165) is 61.1 Å². The minimum absolute atomic E-state index is 0.0208. The Morgan fingerprint density at radius 3 is 2.59 bits per heavy atom. The summed E-state index contributed by atoms with van der Waals surface area (Å²) in [7, 11) is 0. The molecule has 0 aliphatic carbocycles. The molecule has 2 aliphatic heterocycles. The van der Waals surface area contributed by atoms with Gasteiger partial charge in [-0.15, -0.1) is 0 Å². The van der Waals surface area contributed by atoms with E-state index in [2.05, 4.69) is 80.3 Å². The maximum Gasteiger partial charge on any atom is 0.266 e. The van der Waals surface area contributed by atoms with E-state index < -0.39 is 0 Å². The maximum absolute atomic E-state index is 13.3. The predicted octanol–water partition coefficient (Wildman–Crippen LogP) is 7.25. The summed E-state index contributed by atoms with van der Waals surface area (Å²) in [6.45, 7) is 9.08. The lowest BCUT2D eigenvalue weighted by Crippen LogP contribution is -2.35. The fourth-order valence-corrected chi connectivity index (χ4v) is 6.53. The normalized spacial score (nSPS) is 18.1. The molecule has 0 bridgehead atoms. The van der Waals surface area contributed by atoms with E-state index in [0.29, 0.717) is 27.6 Å². The monoisotopic (exact) mass is 529 g/mol. The van der Waals surface area contributed by atoms with Gasteiger partial charge >= 0.3 is 0 Å². The van der Waals surface area contributed by atoms with Gasteiger partial charge < -0.3 is 4.90 Å². The second-order valence-corrected chi connectivity index (χ2v) is 12.4. The van der Waals surface area contributed by atoms with Gasteiger partial charge in [0.1, 0.15) is 10.1 Å². The van der Waals surface area contributed by atoms with E-state index in [1.807, 2.05) is 6.08 Å². The van der Waals surface area contributed by atoms with Crippen LogP contribution in [0.1, 0.15) is 49.8 Å². The molecule has 0 spiro atoms. The number of piperidine rings is 1. The number of benzene rings is 2. The summed E-state index contributed by atoms with van der Waals surface area (Å²) in [6.07, 6.45) is 6.37. The minimum atomic E-state index is 0.0208. The second-order valence-electron chi connectivity index (χ2n) is 10.7. The number of aryl methyl sites for hydroxylation is 1. The molecule has 4 nitrogen and oxygen atoms in total. The van der Waals surface area contributed by atoms with Crippen molar-refractivity contribution in [2.75, 3.05) is 24.5 Å². The Morgan fingerprint density at radius 2 is 1.86 bits per heavy atom. The zero-order chi connectivity index (χ0) is 25.9. The van der Waals surface area contributed by atoms with Crippen LogP contribution in [0.15, 0.2) is 59.5 Å². The maximum atomic E-state index is 13.3. The predicted molar refractivity (Wildman–Crippen MR) is 161 cm³/mol. The van der Waals surface area contributed by atoms with Gasteiger partial charge in [0.05, 0.1) is 10.4 Å². The first-order valence-electron chi connectivity index (χ1n) is 13.3. The molecule has 3 heterocycles. The van der Waals surface area contributed by atoms with Crippen LogP contribution in [0, 0.1) is 18.8 Å². The van der Waals surface area contributed by atoms with Crippen molar-refractivity contribution in [3.8, 4) is 0 Å². The van der Waals surface area contributed by atoms with Gasteiger partial charge in [-0.1, -0.05) is 86.4 Å². The number of anilines is 1. The molecule has 2 aromatic carbocycles. The molecule has 1 amide bonds. The minimum Gasteiger partial charge on any atom is -0.356 e. The topological polar surface area (TPSA) is 36.4 Å². The van der Waals surface area contributed by atoms with Crippen molar-refractivity contribution in [2.45, 2.75) is 46.5 Å². The first-order chi connectivity index (χ1) is 17.9. The van der Waals surface area contributed by atoms with Gasteiger partial charge in [-0.05, 0) is 67.7 Å². The number of fused-ring (bicyclic) bond motifs is 1. The van der Waals surface area contributed by atoms with Crippen LogP contribution < -0.4 is 4.90 Å². The van der Waals surface area contributed by atoms with Crippen molar-refractivity contribution in [2.24, 2.45) is 11.8 Å². The van der Waals surface area contributed by atoms with Crippen molar-refractivity contribution in [3.63, 3.8) is 0 Å². The third-order valence-corrected chi connectivity index (χ3v) is 8.81.